The van der Waals surface area contributed by atoms with Crippen molar-refractivity contribution < 1.29 is 9.59 Å². The third-order valence-corrected chi connectivity index (χ3v) is 5.13. The number of rotatable bonds is 3. The van der Waals surface area contributed by atoms with E-state index in [0.717, 1.165) is 78.0 Å². The smallest absolute Gasteiger partial charge is 0.236 e. The molecule has 2 amide bonds. The summed E-state index contributed by atoms with van der Waals surface area (Å²) in [5.41, 5.74) is 0. The molecule has 1 N–H and O–H groups in total. The number of amides is 2. The number of halogens is 2. The molecule has 0 aromatic carbocycles. The van der Waals surface area contributed by atoms with Crippen LogP contribution in [0.5, 0.6) is 0 Å². The van der Waals surface area contributed by atoms with Gasteiger partial charge in [0.1, 0.15) is 0 Å². The molecule has 1 unspecified atom stereocenters. The maximum absolute atomic E-state index is 12.5. The average Bonchev–Trinajstić information content (AvgIpc) is 3.18. The van der Waals surface area contributed by atoms with Crippen LogP contribution >= 0.6 is 24.8 Å². The molecule has 3 aliphatic heterocycles. The second-order valence-electron chi connectivity index (χ2n) is 6.73. The Bertz CT molecular complexity index is 413. The summed E-state index contributed by atoms with van der Waals surface area (Å²) in [6, 6.07) is 0. The Morgan fingerprint density at radius 1 is 0.875 bits per heavy atom. The van der Waals surface area contributed by atoms with Gasteiger partial charge >= 0.3 is 0 Å². The third kappa shape index (κ3) is 5.48. The first-order valence-electron chi connectivity index (χ1n) is 8.73. The molecule has 0 bridgehead atoms. The minimum absolute atomic E-state index is 0. The van der Waals surface area contributed by atoms with E-state index in [4.69, 9.17) is 0 Å². The Kier molecular flexibility index (Phi) is 9.34. The maximum atomic E-state index is 12.5. The van der Waals surface area contributed by atoms with Crippen molar-refractivity contribution >= 4 is 36.6 Å². The lowest BCUT2D eigenvalue weighted by Gasteiger charge is -2.25. The number of hydrogen-bond donors (Lipinski definition) is 1. The summed E-state index contributed by atoms with van der Waals surface area (Å²) in [4.78, 5) is 30.9. The molecule has 3 rings (SSSR count). The molecule has 8 heteroatoms. The number of nitrogens with zero attached hydrogens (tertiary/aromatic N) is 3. The fourth-order valence-electron chi connectivity index (χ4n) is 3.73. The van der Waals surface area contributed by atoms with Gasteiger partial charge in [0.15, 0.2) is 0 Å². The van der Waals surface area contributed by atoms with Crippen molar-refractivity contribution in [2.24, 2.45) is 5.92 Å². The van der Waals surface area contributed by atoms with Crippen LogP contribution in [-0.4, -0.2) is 85.4 Å². The van der Waals surface area contributed by atoms with Crippen LogP contribution in [0, 0.1) is 5.92 Å². The van der Waals surface area contributed by atoms with Crippen LogP contribution in [0.15, 0.2) is 0 Å². The zero-order valence-corrected chi connectivity index (χ0v) is 15.9. The van der Waals surface area contributed by atoms with Crippen LogP contribution in [0.3, 0.4) is 0 Å². The van der Waals surface area contributed by atoms with Crippen LogP contribution in [0.2, 0.25) is 0 Å². The molecule has 1 atom stereocenters. The Labute approximate surface area is 157 Å². The predicted molar refractivity (Wildman–Crippen MR) is 98.9 cm³/mol. The Hall–Kier alpha value is -0.560. The van der Waals surface area contributed by atoms with Crippen molar-refractivity contribution in [3.8, 4) is 0 Å². The molecule has 3 saturated heterocycles. The van der Waals surface area contributed by atoms with E-state index in [1.54, 1.807) is 0 Å². The summed E-state index contributed by atoms with van der Waals surface area (Å²) >= 11 is 0. The van der Waals surface area contributed by atoms with Gasteiger partial charge in [0.05, 0.1) is 12.5 Å². The lowest BCUT2D eigenvalue weighted by molar-refractivity contribution is -0.134. The molecule has 6 nitrogen and oxygen atoms in total. The van der Waals surface area contributed by atoms with Gasteiger partial charge in [-0.25, -0.2) is 0 Å². The van der Waals surface area contributed by atoms with Crippen molar-refractivity contribution in [3.63, 3.8) is 0 Å². The zero-order chi connectivity index (χ0) is 15.4. The second-order valence-corrected chi connectivity index (χ2v) is 6.73. The first-order valence-corrected chi connectivity index (χ1v) is 8.73. The first-order chi connectivity index (χ1) is 10.7. The summed E-state index contributed by atoms with van der Waals surface area (Å²) < 4.78 is 0. The van der Waals surface area contributed by atoms with Crippen LogP contribution in [0.4, 0.5) is 0 Å². The molecular weight excluding hydrogens is 351 g/mol. The van der Waals surface area contributed by atoms with E-state index in [1.165, 1.54) is 0 Å². The highest BCUT2D eigenvalue weighted by Crippen LogP contribution is 2.14. The van der Waals surface area contributed by atoms with Gasteiger partial charge in [-0.3, -0.25) is 14.5 Å². The molecule has 0 aromatic heterocycles. The summed E-state index contributed by atoms with van der Waals surface area (Å²) in [5, 5.41) is 3.27. The molecule has 0 spiro atoms. The molecule has 3 fully saturated rings. The molecule has 3 heterocycles. The van der Waals surface area contributed by atoms with Crippen molar-refractivity contribution in [1.29, 1.82) is 0 Å². The van der Waals surface area contributed by atoms with E-state index in [1.807, 2.05) is 9.80 Å². The number of likely N-dealkylation sites (tertiary alicyclic amines) is 1. The fraction of sp³-hybridized carbons (Fsp3) is 0.875. The van der Waals surface area contributed by atoms with Gasteiger partial charge in [0.25, 0.3) is 0 Å². The third-order valence-electron chi connectivity index (χ3n) is 5.13. The molecular formula is C16H30Cl2N4O2. The minimum atomic E-state index is 0. The minimum Gasteiger partial charge on any atom is -0.342 e. The standard InChI is InChI=1S/C16H28N4O2.2ClH/c21-15(19-7-1-2-8-19)13-18-6-3-9-20(11-10-18)16(22)14-4-5-17-12-14;;/h14,17H,1-13H2;2*1H. The number of carbonyl (C=O) groups excluding carboxylic acids is 2. The maximum Gasteiger partial charge on any atom is 0.236 e. The Balaban J connectivity index is 0.00000144. The summed E-state index contributed by atoms with van der Waals surface area (Å²) in [6.07, 6.45) is 4.22. The van der Waals surface area contributed by atoms with Gasteiger partial charge in [0, 0.05) is 45.8 Å². The largest absolute Gasteiger partial charge is 0.342 e. The van der Waals surface area contributed by atoms with Gasteiger partial charge in [-0.1, -0.05) is 0 Å². The lowest BCUT2D eigenvalue weighted by Crippen LogP contribution is -2.42. The van der Waals surface area contributed by atoms with E-state index in [9.17, 15) is 9.59 Å². The number of nitrogens with one attached hydrogen (secondary N) is 1. The Morgan fingerprint density at radius 2 is 1.58 bits per heavy atom. The van der Waals surface area contributed by atoms with E-state index >= 15 is 0 Å². The van der Waals surface area contributed by atoms with Gasteiger partial charge < -0.3 is 15.1 Å². The lowest BCUT2D eigenvalue weighted by atomic mass is 10.1. The predicted octanol–water partition coefficient (Wildman–Crippen LogP) is 0.596. The monoisotopic (exact) mass is 380 g/mol. The van der Waals surface area contributed by atoms with Crippen LogP contribution in [-0.2, 0) is 9.59 Å². The quantitative estimate of drug-likeness (QED) is 0.778. The fourth-order valence-corrected chi connectivity index (χ4v) is 3.73. The molecule has 0 radical (unpaired) electrons. The number of carbonyl (C=O) groups is 2. The van der Waals surface area contributed by atoms with Crippen molar-refractivity contribution in [2.45, 2.75) is 25.7 Å². The Morgan fingerprint density at radius 3 is 2.25 bits per heavy atom. The molecule has 24 heavy (non-hydrogen) atoms. The highest BCUT2D eigenvalue weighted by atomic mass is 35.5. The summed E-state index contributed by atoms with van der Waals surface area (Å²) in [6.45, 7) is 7.50. The first kappa shape index (κ1) is 21.5. The van der Waals surface area contributed by atoms with Crippen LogP contribution in [0.25, 0.3) is 0 Å². The zero-order valence-electron chi connectivity index (χ0n) is 14.2. The van der Waals surface area contributed by atoms with E-state index in [-0.39, 0.29) is 36.6 Å². The highest BCUT2D eigenvalue weighted by molar-refractivity contribution is 5.85. The number of hydrogen-bond acceptors (Lipinski definition) is 4. The van der Waals surface area contributed by atoms with Gasteiger partial charge in [-0.2, -0.15) is 0 Å². The van der Waals surface area contributed by atoms with Crippen molar-refractivity contribution in [3.05, 3.63) is 0 Å². The molecule has 0 aromatic rings. The molecule has 140 valence electrons. The van der Waals surface area contributed by atoms with Gasteiger partial charge in [-0.05, 0) is 32.2 Å². The van der Waals surface area contributed by atoms with Crippen LogP contribution in [0.1, 0.15) is 25.7 Å². The highest BCUT2D eigenvalue weighted by Gasteiger charge is 2.29. The summed E-state index contributed by atoms with van der Waals surface area (Å²) in [5.74, 6) is 0.729. The average molecular weight is 381 g/mol. The topological polar surface area (TPSA) is 55.9 Å². The normalized spacial score (nSPS) is 24.9. The summed E-state index contributed by atoms with van der Waals surface area (Å²) in [7, 11) is 0. The second kappa shape index (κ2) is 10.4. The van der Waals surface area contributed by atoms with Crippen LogP contribution < -0.4 is 5.32 Å². The SMILES string of the molecule is Cl.Cl.O=C(CN1CCCN(C(=O)C2CCNC2)CC1)N1CCCC1. The van der Waals surface area contributed by atoms with Gasteiger partial charge in [0.2, 0.25) is 11.8 Å². The van der Waals surface area contributed by atoms with E-state index < -0.39 is 0 Å². The van der Waals surface area contributed by atoms with Crippen molar-refractivity contribution in [1.82, 2.24) is 20.0 Å². The van der Waals surface area contributed by atoms with E-state index in [0.29, 0.717) is 12.5 Å². The van der Waals surface area contributed by atoms with E-state index in [2.05, 4.69) is 10.2 Å². The molecule has 3 aliphatic rings. The van der Waals surface area contributed by atoms with Gasteiger partial charge in [-0.15, -0.1) is 24.8 Å². The van der Waals surface area contributed by atoms with Crippen molar-refractivity contribution in [2.75, 3.05) is 58.9 Å². The molecule has 0 saturated carbocycles. The molecule has 0 aliphatic carbocycles.